The van der Waals surface area contributed by atoms with E-state index < -0.39 is 0 Å². The summed E-state index contributed by atoms with van der Waals surface area (Å²) in [5.74, 6) is 0. The molecule has 5 nitrogen and oxygen atoms in total. The van der Waals surface area contributed by atoms with E-state index in [4.69, 9.17) is 4.98 Å². The van der Waals surface area contributed by atoms with Gasteiger partial charge in [-0.1, -0.05) is 26.3 Å². The van der Waals surface area contributed by atoms with Crippen LogP contribution >= 0.6 is 0 Å². The monoisotopic (exact) mass is 395 g/mol. The normalized spacial score (nSPS) is 10.7. The summed E-state index contributed by atoms with van der Waals surface area (Å²) in [7, 11) is 1.92. The molecule has 5 heteroatoms. The minimum atomic E-state index is 0.962. The van der Waals surface area contributed by atoms with Gasteiger partial charge < -0.3 is 15.1 Å². The third-order valence-corrected chi connectivity index (χ3v) is 5.44. The maximum atomic E-state index is 4.75. The van der Waals surface area contributed by atoms with E-state index in [1.807, 2.05) is 25.6 Å². The molecule has 1 N–H and O–H groups in total. The summed E-state index contributed by atoms with van der Waals surface area (Å²) in [6.45, 7) is 16.5. The Bertz CT molecular complexity index is 787. The predicted molar refractivity (Wildman–Crippen MR) is 126 cm³/mol. The zero-order valence-electron chi connectivity index (χ0n) is 18.8. The van der Waals surface area contributed by atoms with Gasteiger partial charge in [-0.15, -0.1) is 0 Å². The molecule has 0 atom stereocenters. The summed E-state index contributed by atoms with van der Waals surface area (Å²) in [5, 5.41) is 3.18. The molecular weight excluding hydrogens is 358 g/mol. The lowest BCUT2D eigenvalue weighted by Crippen LogP contribution is -2.34. The van der Waals surface area contributed by atoms with Gasteiger partial charge in [-0.3, -0.25) is 9.97 Å². The van der Waals surface area contributed by atoms with Gasteiger partial charge in [0, 0.05) is 56.2 Å². The molecular formula is C24H37N5. The van der Waals surface area contributed by atoms with Crippen LogP contribution in [0.5, 0.6) is 0 Å². The minimum Gasteiger partial charge on any atom is -0.387 e. The molecule has 0 saturated heterocycles. The number of pyridine rings is 2. The van der Waals surface area contributed by atoms with Gasteiger partial charge in [0.2, 0.25) is 0 Å². The van der Waals surface area contributed by atoms with Crippen LogP contribution in [0, 0.1) is 13.8 Å². The molecule has 0 bridgehead atoms. The van der Waals surface area contributed by atoms with Gasteiger partial charge >= 0.3 is 0 Å². The van der Waals surface area contributed by atoms with Crippen molar-refractivity contribution in [1.29, 1.82) is 0 Å². The molecule has 2 aromatic heterocycles. The first-order valence-electron chi connectivity index (χ1n) is 10.8. The number of nitrogens with one attached hydrogen (secondary N) is 1. The Labute approximate surface area is 176 Å². The Hall–Kier alpha value is -2.56. The van der Waals surface area contributed by atoms with E-state index in [-0.39, 0.29) is 0 Å². The van der Waals surface area contributed by atoms with Crippen LogP contribution in [0.25, 0.3) is 11.1 Å². The van der Waals surface area contributed by atoms with Crippen LogP contribution in [-0.4, -0.2) is 48.1 Å². The van der Waals surface area contributed by atoms with E-state index in [1.165, 1.54) is 24.9 Å². The second-order valence-electron chi connectivity index (χ2n) is 7.44. The molecule has 0 aliphatic heterocycles. The Kier molecular flexibility index (Phi) is 8.97. The van der Waals surface area contributed by atoms with Gasteiger partial charge in [0.25, 0.3) is 0 Å². The van der Waals surface area contributed by atoms with E-state index in [0.29, 0.717) is 0 Å². The second kappa shape index (κ2) is 11.4. The smallest absolute Gasteiger partial charge is 0.0606 e. The number of likely N-dealkylation sites (N-methyl/N-ethyl adjacent to an activating group) is 1. The first kappa shape index (κ1) is 22.7. The highest BCUT2D eigenvalue weighted by atomic mass is 15.2. The van der Waals surface area contributed by atoms with Gasteiger partial charge in [-0.2, -0.15) is 0 Å². The van der Waals surface area contributed by atoms with Gasteiger partial charge in [0.15, 0.2) is 0 Å². The molecule has 2 rings (SSSR count). The summed E-state index contributed by atoms with van der Waals surface area (Å²) < 4.78 is 0. The number of hydrogen-bond acceptors (Lipinski definition) is 5. The Morgan fingerprint density at radius 2 is 1.76 bits per heavy atom. The minimum absolute atomic E-state index is 0.962. The number of anilines is 2. The van der Waals surface area contributed by atoms with Crippen molar-refractivity contribution in [2.45, 2.75) is 47.0 Å². The van der Waals surface area contributed by atoms with Crippen molar-refractivity contribution in [1.82, 2.24) is 14.9 Å². The van der Waals surface area contributed by atoms with Gasteiger partial charge in [0.1, 0.15) is 0 Å². The van der Waals surface area contributed by atoms with Gasteiger partial charge in [0.05, 0.1) is 23.3 Å². The molecule has 2 aromatic rings. The third-order valence-electron chi connectivity index (χ3n) is 5.44. The highest BCUT2D eigenvalue weighted by Crippen LogP contribution is 2.29. The maximum Gasteiger partial charge on any atom is 0.0606 e. The van der Waals surface area contributed by atoms with Crippen molar-refractivity contribution in [2.24, 2.45) is 0 Å². The topological polar surface area (TPSA) is 44.3 Å². The van der Waals surface area contributed by atoms with E-state index in [1.54, 1.807) is 0 Å². The highest BCUT2D eigenvalue weighted by Gasteiger charge is 2.14. The average Bonchev–Trinajstić information content (AvgIpc) is 2.74. The molecule has 0 spiro atoms. The number of aromatic nitrogens is 2. The van der Waals surface area contributed by atoms with Crippen molar-refractivity contribution in [2.75, 3.05) is 43.4 Å². The molecule has 2 heterocycles. The predicted octanol–water partition coefficient (Wildman–Crippen LogP) is 5.26. The van der Waals surface area contributed by atoms with Crippen molar-refractivity contribution >= 4 is 11.4 Å². The van der Waals surface area contributed by atoms with E-state index in [9.17, 15) is 0 Å². The first-order valence-corrected chi connectivity index (χ1v) is 10.8. The van der Waals surface area contributed by atoms with Crippen LogP contribution in [0.1, 0.15) is 44.5 Å². The van der Waals surface area contributed by atoms with Crippen LogP contribution in [0.2, 0.25) is 0 Å². The molecule has 0 saturated carbocycles. The quantitative estimate of drug-likeness (QED) is 0.496. The summed E-state index contributed by atoms with van der Waals surface area (Å²) in [6.07, 6.45) is 9.43. The van der Waals surface area contributed by atoms with Crippen LogP contribution < -0.4 is 10.2 Å². The van der Waals surface area contributed by atoms with Gasteiger partial charge in [-0.25, -0.2) is 0 Å². The SMILES string of the molecule is C=CN(CC)CCN(CCCCC)c1cc(-c2cc(NC)cnc2C)cnc1C. The summed E-state index contributed by atoms with van der Waals surface area (Å²) >= 11 is 0. The largest absolute Gasteiger partial charge is 0.387 e. The maximum absolute atomic E-state index is 4.75. The third kappa shape index (κ3) is 6.21. The lowest BCUT2D eigenvalue weighted by molar-refractivity contribution is 0.401. The molecule has 158 valence electrons. The second-order valence-corrected chi connectivity index (χ2v) is 7.44. The molecule has 0 aromatic carbocycles. The van der Waals surface area contributed by atoms with E-state index in [0.717, 1.165) is 54.4 Å². The highest BCUT2D eigenvalue weighted by molar-refractivity contribution is 5.73. The van der Waals surface area contributed by atoms with E-state index >= 15 is 0 Å². The number of hydrogen-bond donors (Lipinski definition) is 1. The number of rotatable bonds is 12. The Balaban J connectivity index is 2.36. The number of unbranched alkanes of at least 4 members (excludes halogenated alkanes) is 2. The molecule has 0 amide bonds. The molecule has 0 radical (unpaired) electrons. The Morgan fingerprint density at radius 1 is 1.00 bits per heavy atom. The first-order chi connectivity index (χ1) is 14.0. The lowest BCUT2D eigenvalue weighted by atomic mass is 10.0. The van der Waals surface area contributed by atoms with Crippen molar-refractivity contribution in [3.8, 4) is 11.1 Å². The van der Waals surface area contributed by atoms with Crippen molar-refractivity contribution in [3.05, 3.63) is 48.7 Å². The fourth-order valence-electron chi connectivity index (χ4n) is 3.48. The fraction of sp³-hybridized carbons (Fsp3) is 0.500. The summed E-state index contributed by atoms with van der Waals surface area (Å²) in [4.78, 5) is 14.0. The molecule has 0 unspecified atom stereocenters. The zero-order valence-corrected chi connectivity index (χ0v) is 18.8. The van der Waals surface area contributed by atoms with E-state index in [2.05, 4.69) is 66.5 Å². The van der Waals surface area contributed by atoms with Crippen molar-refractivity contribution < 1.29 is 0 Å². The number of aryl methyl sites for hydroxylation is 2. The Morgan fingerprint density at radius 3 is 2.41 bits per heavy atom. The fourth-order valence-corrected chi connectivity index (χ4v) is 3.48. The molecule has 29 heavy (non-hydrogen) atoms. The van der Waals surface area contributed by atoms with Crippen LogP contribution in [-0.2, 0) is 0 Å². The average molecular weight is 396 g/mol. The number of nitrogens with zero attached hydrogens (tertiary/aromatic N) is 4. The van der Waals surface area contributed by atoms with Crippen LogP contribution in [0.3, 0.4) is 0 Å². The zero-order chi connectivity index (χ0) is 21.2. The molecule has 0 aliphatic rings. The van der Waals surface area contributed by atoms with Gasteiger partial charge in [-0.05, 0) is 45.5 Å². The van der Waals surface area contributed by atoms with Crippen molar-refractivity contribution in [3.63, 3.8) is 0 Å². The summed E-state index contributed by atoms with van der Waals surface area (Å²) in [6, 6.07) is 4.43. The lowest BCUT2D eigenvalue weighted by Gasteiger charge is -2.29. The van der Waals surface area contributed by atoms with Crippen LogP contribution in [0.15, 0.2) is 37.3 Å². The standard InChI is InChI=1S/C24H37N5/c1-7-10-11-12-29(14-13-28(8-2)9-3)24-15-21(17-26-20(24)5)23-16-22(25-6)18-27-19(23)4/h8,15-18,25H,2,7,9-14H2,1,3-6H3. The summed E-state index contributed by atoms with van der Waals surface area (Å²) in [5.41, 5.74) is 6.55. The molecule has 0 fully saturated rings. The molecule has 0 aliphatic carbocycles. The van der Waals surface area contributed by atoms with Crippen LogP contribution in [0.4, 0.5) is 11.4 Å².